The molecule has 0 spiro atoms. The van der Waals surface area contributed by atoms with Gasteiger partial charge in [-0.15, -0.1) is 0 Å². The number of ketones is 1. The van der Waals surface area contributed by atoms with Crippen molar-refractivity contribution in [1.82, 2.24) is 10.3 Å². The lowest BCUT2D eigenvalue weighted by atomic mass is 9.71. The average Bonchev–Trinajstić information content (AvgIpc) is 3.27. The third-order valence-corrected chi connectivity index (χ3v) is 8.51. The zero-order valence-corrected chi connectivity index (χ0v) is 22.9. The minimum absolute atomic E-state index is 0.0198. The monoisotopic (exact) mass is 522 g/mol. The maximum Gasteiger partial charge on any atom is 0.239 e. The Morgan fingerprint density at radius 3 is 2.74 bits per heavy atom. The Labute approximate surface area is 230 Å². The first kappa shape index (κ1) is 25.5. The van der Waals surface area contributed by atoms with Gasteiger partial charge in [-0.3, -0.25) is 9.59 Å². The van der Waals surface area contributed by atoms with Gasteiger partial charge in [-0.1, -0.05) is 56.3 Å². The molecular weight excluding hydrogens is 484 g/mol. The number of carbonyl (C=O) groups excluding carboxylic acids is 2. The van der Waals surface area contributed by atoms with E-state index in [1.807, 2.05) is 30.5 Å². The molecule has 0 fully saturated rings. The highest BCUT2D eigenvalue weighted by atomic mass is 16.2. The highest BCUT2D eigenvalue weighted by Gasteiger charge is 2.43. The lowest BCUT2D eigenvalue weighted by Crippen LogP contribution is -2.50. The van der Waals surface area contributed by atoms with Gasteiger partial charge in [-0.25, -0.2) is 0 Å². The molecule has 1 aromatic heterocycles. The fourth-order valence-electron chi connectivity index (χ4n) is 6.75. The first-order valence-corrected chi connectivity index (χ1v) is 14.3. The van der Waals surface area contributed by atoms with Crippen molar-refractivity contribution in [2.24, 2.45) is 11.3 Å². The smallest absolute Gasteiger partial charge is 0.239 e. The summed E-state index contributed by atoms with van der Waals surface area (Å²) < 4.78 is 0. The van der Waals surface area contributed by atoms with Crippen molar-refractivity contribution in [1.29, 1.82) is 0 Å². The van der Waals surface area contributed by atoms with E-state index >= 15 is 0 Å². The van der Waals surface area contributed by atoms with Crippen LogP contribution >= 0.6 is 0 Å². The van der Waals surface area contributed by atoms with Crippen LogP contribution in [0, 0.1) is 11.3 Å². The minimum atomic E-state index is -0.135. The minimum Gasteiger partial charge on any atom is -0.361 e. The zero-order chi connectivity index (χ0) is 27.0. The summed E-state index contributed by atoms with van der Waals surface area (Å²) in [4.78, 5) is 32.8. The highest BCUT2D eigenvalue weighted by molar-refractivity contribution is 6.01. The second-order valence-corrected chi connectivity index (χ2v) is 12.1. The molecule has 3 aromatic rings. The number of allylic oxidation sites excluding steroid dienone is 3. The SMILES string of the molecule is CC1(C)CC(=O)C2=C(C1)Nc1ccccc1N(CC(=O)NCCc1c[nH]c3ccccc13)C2C1CC=CCC1. The van der Waals surface area contributed by atoms with Crippen molar-refractivity contribution >= 4 is 34.0 Å². The van der Waals surface area contributed by atoms with Crippen LogP contribution in [0.3, 0.4) is 0 Å². The number of nitrogens with zero attached hydrogens (tertiary/aromatic N) is 1. The summed E-state index contributed by atoms with van der Waals surface area (Å²) in [6.45, 7) is 5.12. The summed E-state index contributed by atoms with van der Waals surface area (Å²) in [5.41, 5.74) is 6.10. The molecule has 0 saturated heterocycles. The number of hydrogen-bond donors (Lipinski definition) is 3. The number of aromatic amines is 1. The van der Waals surface area contributed by atoms with Crippen LogP contribution in [0.5, 0.6) is 0 Å². The summed E-state index contributed by atoms with van der Waals surface area (Å²) in [6.07, 6.45) is 11.6. The van der Waals surface area contributed by atoms with Gasteiger partial charge in [-0.2, -0.15) is 0 Å². The topological polar surface area (TPSA) is 77.2 Å². The molecule has 6 nitrogen and oxygen atoms in total. The number of fused-ring (bicyclic) bond motifs is 2. The van der Waals surface area contributed by atoms with Gasteiger partial charge in [0.05, 0.1) is 24.0 Å². The Morgan fingerprint density at radius 1 is 1.08 bits per heavy atom. The first-order valence-electron chi connectivity index (χ1n) is 14.3. The Bertz CT molecular complexity index is 1460. The summed E-state index contributed by atoms with van der Waals surface area (Å²) in [7, 11) is 0. The average molecular weight is 523 g/mol. The number of aromatic nitrogens is 1. The molecule has 202 valence electrons. The number of nitrogens with one attached hydrogen (secondary N) is 3. The number of anilines is 2. The van der Waals surface area contributed by atoms with Gasteiger partial charge in [0.1, 0.15) is 0 Å². The first-order chi connectivity index (χ1) is 18.9. The van der Waals surface area contributed by atoms with Crippen LogP contribution in [-0.4, -0.2) is 35.8 Å². The van der Waals surface area contributed by atoms with Gasteiger partial charge in [0, 0.05) is 41.3 Å². The Kier molecular flexibility index (Phi) is 6.79. The summed E-state index contributed by atoms with van der Waals surface area (Å²) in [6, 6.07) is 16.3. The van der Waals surface area contributed by atoms with Gasteiger partial charge in [0.15, 0.2) is 5.78 Å². The van der Waals surface area contributed by atoms with Crippen molar-refractivity contribution in [3.05, 3.63) is 83.7 Å². The molecule has 2 atom stereocenters. The van der Waals surface area contributed by atoms with E-state index in [0.717, 1.165) is 60.3 Å². The van der Waals surface area contributed by atoms with Gasteiger partial charge >= 0.3 is 0 Å². The molecular formula is C33H38N4O2. The Hall–Kier alpha value is -3.80. The normalized spacial score (nSPS) is 22.2. The number of benzene rings is 2. The third kappa shape index (κ3) is 5.12. The molecule has 0 bridgehead atoms. The van der Waals surface area contributed by atoms with Crippen molar-refractivity contribution in [2.45, 2.75) is 58.4 Å². The highest BCUT2D eigenvalue weighted by Crippen LogP contribution is 2.46. The second-order valence-electron chi connectivity index (χ2n) is 12.1. The quantitative estimate of drug-likeness (QED) is 0.341. The predicted molar refractivity (Wildman–Crippen MR) is 158 cm³/mol. The maximum atomic E-state index is 13.8. The van der Waals surface area contributed by atoms with Gasteiger partial charge in [0.2, 0.25) is 5.91 Å². The number of amides is 1. The van der Waals surface area contributed by atoms with Crippen LogP contribution in [0.2, 0.25) is 0 Å². The van der Waals surface area contributed by atoms with Crippen molar-refractivity contribution in [3.63, 3.8) is 0 Å². The molecule has 39 heavy (non-hydrogen) atoms. The van der Waals surface area contributed by atoms with Crippen LogP contribution in [0.4, 0.5) is 11.4 Å². The number of carbonyl (C=O) groups is 2. The van der Waals surface area contributed by atoms with E-state index in [9.17, 15) is 9.59 Å². The number of rotatable bonds is 6. The molecule has 2 heterocycles. The molecule has 6 heteroatoms. The predicted octanol–water partition coefficient (Wildman–Crippen LogP) is 6.13. The Morgan fingerprint density at radius 2 is 1.90 bits per heavy atom. The van der Waals surface area contributed by atoms with E-state index in [4.69, 9.17) is 0 Å². The standard InChI is InChI=1S/C33H38N4O2/c1-33(2)18-27-31(29(38)19-33)32(22-10-4-3-5-11-22)37(28-15-9-8-14-26(28)36-27)21-30(39)34-17-16-23-20-35-25-13-7-6-12-24(23)25/h3-4,6-9,12-15,20,22,32,35-36H,5,10-11,16-19,21H2,1-2H3,(H,34,39). The van der Waals surface area contributed by atoms with E-state index in [0.29, 0.717) is 13.0 Å². The van der Waals surface area contributed by atoms with Gasteiger partial charge in [-0.05, 0) is 67.2 Å². The molecule has 3 aliphatic rings. The summed E-state index contributed by atoms with van der Waals surface area (Å²) in [5.74, 6) is 0.469. The van der Waals surface area contributed by atoms with Crippen LogP contribution < -0.4 is 15.5 Å². The molecule has 3 N–H and O–H groups in total. The molecule has 2 aromatic carbocycles. The van der Waals surface area contributed by atoms with Gasteiger partial charge in [0.25, 0.3) is 0 Å². The molecule has 0 saturated carbocycles. The van der Waals surface area contributed by atoms with E-state index in [2.05, 4.69) is 70.8 Å². The van der Waals surface area contributed by atoms with E-state index < -0.39 is 0 Å². The van der Waals surface area contributed by atoms with Crippen LogP contribution in [0.15, 0.2) is 78.1 Å². The third-order valence-electron chi connectivity index (χ3n) is 8.51. The number of hydrogen-bond acceptors (Lipinski definition) is 4. The van der Waals surface area contributed by atoms with Crippen LogP contribution in [0.25, 0.3) is 10.9 Å². The van der Waals surface area contributed by atoms with E-state index in [1.54, 1.807) is 0 Å². The van der Waals surface area contributed by atoms with E-state index in [1.165, 1.54) is 10.9 Å². The fourth-order valence-corrected chi connectivity index (χ4v) is 6.75. The fraction of sp³-hybridized carbons (Fsp3) is 0.394. The Balaban J connectivity index is 1.29. The molecule has 2 unspecified atom stereocenters. The maximum absolute atomic E-state index is 13.8. The number of para-hydroxylation sites is 3. The molecule has 2 aliphatic carbocycles. The van der Waals surface area contributed by atoms with Crippen molar-refractivity contribution in [3.8, 4) is 0 Å². The van der Waals surface area contributed by atoms with Crippen LogP contribution in [0.1, 0.15) is 51.5 Å². The van der Waals surface area contributed by atoms with Crippen molar-refractivity contribution in [2.75, 3.05) is 23.3 Å². The number of Topliss-reactive ketones (excluding diaryl/α,β-unsaturated/α-hetero) is 1. The molecule has 0 radical (unpaired) electrons. The second kappa shape index (κ2) is 10.4. The van der Waals surface area contributed by atoms with Crippen molar-refractivity contribution < 1.29 is 9.59 Å². The van der Waals surface area contributed by atoms with Crippen LogP contribution in [-0.2, 0) is 16.0 Å². The largest absolute Gasteiger partial charge is 0.361 e. The summed E-state index contributed by atoms with van der Waals surface area (Å²) >= 11 is 0. The molecule has 1 aliphatic heterocycles. The summed E-state index contributed by atoms with van der Waals surface area (Å²) in [5, 5.41) is 8.03. The van der Waals surface area contributed by atoms with E-state index in [-0.39, 0.29) is 35.6 Å². The van der Waals surface area contributed by atoms with Gasteiger partial charge < -0.3 is 20.5 Å². The lowest BCUT2D eigenvalue weighted by molar-refractivity contribution is -0.120. The number of H-pyrrole nitrogens is 1. The lowest BCUT2D eigenvalue weighted by Gasteiger charge is -2.41. The molecule has 1 amide bonds. The zero-order valence-electron chi connectivity index (χ0n) is 22.9. The molecule has 6 rings (SSSR count).